The molecule has 1 saturated heterocycles. The zero-order valence-corrected chi connectivity index (χ0v) is 20.5. The summed E-state index contributed by atoms with van der Waals surface area (Å²) in [6, 6.07) is 11.6. The maximum atomic E-state index is 13.8. The molecule has 38 heavy (non-hydrogen) atoms. The van der Waals surface area contributed by atoms with Crippen molar-refractivity contribution in [1.29, 1.82) is 0 Å². The normalized spacial score (nSPS) is 32.0. The van der Waals surface area contributed by atoms with Gasteiger partial charge in [0, 0.05) is 18.1 Å². The molecular formula is C27H28N2O9. The molecule has 6 rings (SSSR count). The minimum absolute atomic E-state index is 0.287. The van der Waals surface area contributed by atoms with Crippen molar-refractivity contribution in [2.24, 2.45) is 0 Å². The number of fused-ring (bicyclic) bond motifs is 5. The highest BCUT2D eigenvalue weighted by Gasteiger charge is 2.47. The summed E-state index contributed by atoms with van der Waals surface area (Å²) in [5, 5.41) is 41.3. The third kappa shape index (κ3) is 3.82. The first-order chi connectivity index (χ1) is 18.4. The van der Waals surface area contributed by atoms with Crippen molar-refractivity contribution in [2.75, 3.05) is 13.7 Å². The van der Waals surface area contributed by atoms with Gasteiger partial charge in [0.25, 0.3) is 5.56 Å². The van der Waals surface area contributed by atoms with E-state index in [1.807, 2.05) is 36.4 Å². The Balaban J connectivity index is 1.41. The van der Waals surface area contributed by atoms with Crippen molar-refractivity contribution in [3.8, 4) is 11.4 Å². The molecule has 0 saturated carbocycles. The van der Waals surface area contributed by atoms with Gasteiger partial charge in [-0.05, 0) is 23.8 Å². The van der Waals surface area contributed by atoms with E-state index in [-0.39, 0.29) is 5.56 Å². The molecule has 0 unspecified atom stereocenters. The van der Waals surface area contributed by atoms with Crippen molar-refractivity contribution in [1.82, 2.24) is 9.55 Å². The van der Waals surface area contributed by atoms with E-state index in [1.54, 1.807) is 10.6 Å². The van der Waals surface area contributed by atoms with E-state index in [9.17, 15) is 25.2 Å². The molecule has 3 aliphatic heterocycles. The van der Waals surface area contributed by atoms with Crippen molar-refractivity contribution in [2.45, 2.75) is 55.7 Å². The monoisotopic (exact) mass is 524 g/mol. The largest absolute Gasteiger partial charge is 0.394 e. The summed E-state index contributed by atoms with van der Waals surface area (Å²) in [7, 11) is 1.40. The van der Waals surface area contributed by atoms with E-state index in [1.165, 1.54) is 7.11 Å². The van der Waals surface area contributed by atoms with E-state index < -0.39 is 55.8 Å². The van der Waals surface area contributed by atoms with E-state index in [0.29, 0.717) is 29.1 Å². The molecule has 4 N–H and O–H groups in total. The Bertz CT molecular complexity index is 1450. The molecule has 11 heteroatoms. The summed E-state index contributed by atoms with van der Waals surface area (Å²) >= 11 is 0. The van der Waals surface area contributed by atoms with Crippen LogP contribution < -0.4 is 5.56 Å². The number of rotatable bonds is 5. The summed E-state index contributed by atoms with van der Waals surface area (Å²) in [4.78, 5) is 18.6. The quantitative estimate of drug-likeness (QED) is 0.272. The van der Waals surface area contributed by atoms with Crippen molar-refractivity contribution in [3.05, 3.63) is 76.1 Å². The fraction of sp³-hybridized carbons (Fsp3) is 0.407. The minimum Gasteiger partial charge on any atom is -0.394 e. The van der Waals surface area contributed by atoms with E-state index in [4.69, 9.17) is 23.9 Å². The van der Waals surface area contributed by atoms with Crippen LogP contribution in [-0.2, 0) is 25.5 Å². The second-order valence-corrected chi connectivity index (χ2v) is 9.65. The molecule has 2 aromatic heterocycles. The van der Waals surface area contributed by atoms with Crippen LogP contribution >= 0.6 is 0 Å². The molecule has 0 bridgehead atoms. The van der Waals surface area contributed by atoms with Crippen LogP contribution in [0.25, 0.3) is 22.3 Å². The Morgan fingerprint density at radius 3 is 2.66 bits per heavy atom. The van der Waals surface area contributed by atoms with Crippen LogP contribution in [0.2, 0.25) is 0 Å². The molecule has 3 aliphatic rings. The Morgan fingerprint density at radius 2 is 1.92 bits per heavy atom. The molecule has 1 aromatic carbocycles. The van der Waals surface area contributed by atoms with Crippen LogP contribution in [0.15, 0.2) is 53.8 Å². The Morgan fingerprint density at radius 1 is 1.13 bits per heavy atom. The van der Waals surface area contributed by atoms with Crippen molar-refractivity contribution >= 4 is 10.9 Å². The van der Waals surface area contributed by atoms with Gasteiger partial charge in [-0.1, -0.05) is 24.3 Å². The molecular weight excluding hydrogens is 496 g/mol. The Kier molecular flexibility index (Phi) is 6.41. The average Bonchev–Trinajstić information content (AvgIpc) is 3.29. The summed E-state index contributed by atoms with van der Waals surface area (Å²) in [5.74, 6) is -0.688. The smallest absolute Gasteiger partial charge is 0.260 e. The second-order valence-electron chi connectivity index (χ2n) is 9.65. The number of methoxy groups -OCH3 is 1. The van der Waals surface area contributed by atoms with Gasteiger partial charge >= 0.3 is 0 Å². The predicted octanol–water partition coefficient (Wildman–Crippen LogP) is 0.513. The average molecular weight is 525 g/mol. The van der Waals surface area contributed by atoms with E-state index in [0.717, 1.165) is 16.5 Å². The minimum atomic E-state index is -1.63. The molecule has 8 atom stereocenters. The standard InChI is InChI=1S/C27H28N2O9/c1-3-14-15-9-17-20-13(8-12-6-4-5-7-16(12)28-20)10-29(17)24(34)19(15)26(35-2)37-25(14)38-27-23(33)22(32)21(31)18(11-30)36-27/h3-9,14,18,21-23,25-27,30-33H,1,10-11H2,2H3/t14-,18-,21-,22+,23-,25+,26+,27+/m1/s1. The SMILES string of the molecule is C=C[C@@H]1c2cc3n(c(=O)c2[C@@H](OC)O[C@H]1O[C@@H]1O[C@H](CO)[C@@H](O)[C@H](O)[C@H]1O)Cc1cc2ccccc2nc1-3. The number of benzene rings is 1. The molecule has 11 nitrogen and oxygen atoms in total. The maximum Gasteiger partial charge on any atom is 0.260 e. The first-order valence-corrected chi connectivity index (χ1v) is 12.3. The Labute approximate surface area is 217 Å². The molecule has 0 aliphatic carbocycles. The molecule has 200 valence electrons. The number of para-hydroxylation sites is 1. The number of ether oxygens (including phenoxy) is 4. The molecule has 0 amide bonds. The Hall–Kier alpha value is -3.00. The highest BCUT2D eigenvalue weighted by Crippen LogP contribution is 2.42. The summed E-state index contributed by atoms with van der Waals surface area (Å²) < 4.78 is 24.6. The maximum absolute atomic E-state index is 13.8. The predicted molar refractivity (Wildman–Crippen MR) is 133 cm³/mol. The highest BCUT2D eigenvalue weighted by molar-refractivity contribution is 5.84. The summed E-state index contributed by atoms with van der Waals surface area (Å²) in [6.07, 6.45) is -8.06. The van der Waals surface area contributed by atoms with Gasteiger partial charge in [0.15, 0.2) is 18.9 Å². The van der Waals surface area contributed by atoms with Crippen LogP contribution in [0.3, 0.4) is 0 Å². The highest BCUT2D eigenvalue weighted by atomic mass is 16.8. The lowest BCUT2D eigenvalue weighted by Crippen LogP contribution is -2.60. The van der Waals surface area contributed by atoms with Gasteiger partial charge in [-0.3, -0.25) is 4.79 Å². The third-order valence-corrected chi connectivity index (χ3v) is 7.47. The van der Waals surface area contributed by atoms with Crippen LogP contribution in [0.4, 0.5) is 0 Å². The molecule has 0 spiro atoms. The summed E-state index contributed by atoms with van der Waals surface area (Å²) in [6.45, 7) is 3.66. The van der Waals surface area contributed by atoms with Gasteiger partial charge in [-0.25, -0.2) is 4.98 Å². The topological polar surface area (TPSA) is 153 Å². The fourth-order valence-electron chi connectivity index (χ4n) is 5.48. The van der Waals surface area contributed by atoms with Gasteiger partial charge in [0.2, 0.25) is 0 Å². The van der Waals surface area contributed by atoms with Gasteiger partial charge in [0.1, 0.15) is 24.4 Å². The number of nitrogens with zero attached hydrogens (tertiary/aromatic N) is 2. The molecule has 3 aromatic rings. The van der Waals surface area contributed by atoms with Crippen molar-refractivity contribution < 1.29 is 39.4 Å². The second kappa shape index (κ2) is 9.63. The van der Waals surface area contributed by atoms with Gasteiger partial charge in [-0.15, -0.1) is 6.58 Å². The van der Waals surface area contributed by atoms with Gasteiger partial charge < -0.3 is 43.9 Å². The number of aromatic nitrogens is 2. The fourth-order valence-corrected chi connectivity index (χ4v) is 5.48. The number of aliphatic hydroxyl groups excluding tert-OH is 4. The van der Waals surface area contributed by atoms with E-state index in [2.05, 4.69) is 6.58 Å². The zero-order chi connectivity index (χ0) is 26.7. The summed E-state index contributed by atoms with van der Waals surface area (Å²) in [5.41, 5.74) is 3.65. The molecule has 5 heterocycles. The zero-order valence-electron chi connectivity index (χ0n) is 20.5. The van der Waals surface area contributed by atoms with E-state index >= 15 is 0 Å². The number of hydrogen-bond acceptors (Lipinski definition) is 10. The van der Waals surface area contributed by atoms with Gasteiger partial charge in [0.05, 0.1) is 41.5 Å². The van der Waals surface area contributed by atoms with Gasteiger partial charge in [-0.2, -0.15) is 0 Å². The first kappa shape index (κ1) is 25.3. The first-order valence-electron chi connectivity index (χ1n) is 12.3. The van der Waals surface area contributed by atoms with Crippen LogP contribution in [0.5, 0.6) is 0 Å². The molecule has 0 radical (unpaired) electrons. The lowest BCUT2D eigenvalue weighted by atomic mass is 9.90. The lowest BCUT2D eigenvalue weighted by molar-refractivity contribution is -0.358. The third-order valence-electron chi connectivity index (χ3n) is 7.47. The number of pyridine rings is 2. The van der Waals surface area contributed by atoms with Crippen molar-refractivity contribution in [3.63, 3.8) is 0 Å². The number of aliphatic hydroxyl groups is 4. The lowest BCUT2D eigenvalue weighted by Gasteiger charge is -2.43. The van der Waals surface area contributed by atoms with Crippen LogP contribution in [0.1, 0.15) is 28.9 Å². The molecule has 1 fully saturated rings. The van der Waals surface area contributed by atoms with Crippen LogP contribution in [0, 0.1) is 0 Å². The van der Waals surface area contributed by atoms with Crippen LogP contribution in [-0.4, -0.2) is 80.7 Å². The number of hydrogen-bond donors (Lipinski definition) is 4.